The predicted octanol–water partition coefficient (Wildman–Crippen LogP) is 5.18. The van der Waals surface area contributed by atoms with Crippen LogP contribution in [0.5, 0.6) is 5.75 Å². The quantitative estimate of drug-likeness (QED) is 0.578. The minimum absolute atomic E-state index is 0.00936. The van der Waals surface area contributed by atoms with Crippen molar-refractivity contribution in [1.29, 1.82) is 0 Å². The van der Waals surface area contributed by atoms with Crippen molar-refractivity contribution < 1.29 is 4.74 Å². The van der Waals surface area contributed by atoms with Crippen molar-refractivity contribution in [2.75, 3.05) is 12.0 Å². The van der Waals surface area contributed by atoms with Crippen LogP contribution in [-0.4, -0.2) is 21.8 Å². The van der Waals surface area contributed by atoms with Crippen LogP contribution in [0.4, 0.5) is 5.69 Å². The lowest BCUT2D eigenvalue weighted by Crippen LogP contribution is -2.30. The van der Waals surface area contributed by atoms with Crippen molar-refractivity contribution in [2.24, 2.45) is 0 Å². The molecule has 0 radical (unpaired) electrons. The molecule has 5 nitrogen and oxygen atoms in total. The molecule has 1 aliphatic heterocycles. The van der Waals surface area contributed by atoms with Gasteiger partial charge in [0, 0.05) is 35.9 Å². The molecule has 1 aliphatic carbocycles. The largest absolute Gasteiger partial charge is 0.497 e. The number of anilines is 1. The molecule has 2 aromatic heterocycles. The van der Waals surface area contributed by atoms with Crippen molar-refractivity contribution in [1.82, 2.24) is 14.9 Å². The number of hydrogen-bond donors (Lipinski definition) is 1. The number of nitrogens with zero attached hydrogens (tertiary/aromatic N) is 3. The highest BCUT2D eigenvalue weighted by Crippen LogP contribution is 2.44. The lowest BCUT2D eigenvalue weighted by Gasteiger charge is -2.30. The van der Waals surface area contributed by atoms with E-state index >= 15 is 0 Å². The van der Waals surface area contributed by atoms with E-state index in [0.717, 1.165) is 17.1 Å². The van der Waals surface area contributed by atoms with Gasteiger partial charge in [-0.2, -0.15) is 0 Å². The zero-order valence-electron chi connectivity index (χ0n) is 17.1. The lowest BCUT2D eigenvalue weighted by atomic mass is 10.00. The van der Waals surface area contributed by atoms with Gasteiger partial charge in [0.15, 0.2) is 5.11 Å². The zero-order chi connectivity index (χ0) is 20.5. The van der Waals surface area contributed by atoms with Crippen LogP contribution in [-0.2, 0) is 0 Å². The van der Waals surface area contributed by atoms with Gasteiger partial charge >= 0.3 is 0 Å². The first-order valence-electron chi connectivity index (χ1n) is 10.6. The topological polar surface area (TPSA) is 42.3 Å². The van der Waals surface area contributed by atoms with Gasteiger partial charge in [-0.25, -0.2) is 0 Å². The zero-order valence-corrected chi connectivity index (χ0v) is 17.9. The molecule has 6 heteroatoms. The van der Waals surface area contributed by atoms with Crippen molar-refractivity contribution in [2.45, 2.75) is 43.8 Å². The van der Waals surface area contributed by atoms with E-state index in [1.54, 1.807) is 7.11 Å². The van der Waals surface area contributed by atoms with Gasteiger partial charge in [-0.1, -0.05) is 25.0 Å². The van der Waals surface area contributed by atoms with E-state index in [9.17, 15) is 0 Å². The number of benzene rings is 1. The summed E-state index contributed by atoms with van der Waals surface area (Å²) in [6.45, 7) is 0. The molecule has 2 aliphatic rings. The molecular weight excluding hydrogens is 392 g/mol. The third-order valence-corrected chi connectivity index (χ3v) is 6.58. The third kappa shape index (κ3) is 3.35. The van der Waals surface area contributed by atoms with E-state index < -0.39 is 0 Å². The second kappa shape index (κ2) is 8.11. The number of aromatic nitrogens is 2. The Morgan fingerprint density at radius 2 is 1.93 bits per heavy atom. The smallest absolute Gasteiger partial charge is 0.174 e. The Morgan fingerprint density at radius 3 is 2.70 bits per heavy atom. The fraction of sp³-hybridized carbons (Fsp3) is 0.333. The first-order chi connectivity index (χ1) is 14.8. The van der Waals surface area contributed by atoms with Crippen LogP contribution in [0, 0.1) is 0 Å². The Morgan fingerprint density at radius 1 is 1.07 bits per heavy atom. The van der Waals surface area contributed by atoms with Crippen molar-refractivity contribution in [3.05, 3.63) is 78.4 Å². The SMILES string of the molecule is COc1cccc(N2C(=S)N[C@@H](c3ccccn3)[C@@H]2c2cccn2C2CCCC2)c1. The highest BCUT2D eigenvalue weighted by molar-refractivity contribution is 7.80. The molecule has 0 amide bonds. The van der Waals surface area contributed by atoms with E-state index in [4.69, 9.17) is 17.0 Å². The van der Waals surface area contributed by atoms with Crippen molar-refractivity contribution >= 4 is 23.0 Å². The Kier molecular flexibility index (Phi) is 5.17. The van der Waals surface area contributed by atoms with Gasteiger partial charge in [-0.3, -0.25) is 4.98 Å². The van der Waals surface area contributed by atoms with Gasteiger partial charge in [-0.15, -0.1) is 0 Å². The lowest BCUT2D eigenvalue weighted by molar-refractivity contribution is 0.414. The maximum Gasteiger partial charge on any atom is 0.174 e. The predicted molar refractivity (Wildman–Crippen MR) is 123 cm³/mol. The summed E-state index contributed by atoms with van der Waals surface area (Å²) in [4.78, 5) is 6.88. The summed E-state index contributed by atoms with van der Waals surface area (Å²) in [5, 5.41) is 4.26. The van der Waals surface area contributed by atoms with E-state index in [1.165, 1.54) is 31.4 Å². The van der Waals surface area contributed by atoms with Crippen LogP contribution in [0.25, 0.3) is 0 Å². The minimum Gasteiger partial charge on any atom is -0.497 e. The molecule has 154 valence electrons. The summed E-state index contributed by atoms with van der Waals surface area (Å²) in [6.07, 6.45) is 9.15. The summed E-state index contributed by atoms with van der Waals surface area (Å²) < 4.78 is 7.95. The van der Waals surface area contributed by atoms with Gasteiger partial charge in [-0.05, 0) is 61.5 Å². The number of nitrogens with one attached hydrogen (secondary N) is 1. The summed E-state index contributed by atoms with van der Waals surface area (Å²) >= 11 is 5.85. The summed E-state index contributed by atoms with van der Waals surface area (Å²) in [7, 11) is 1.69. The van der Waals surface area contributed by atoms with Gasteiger partial charge in [0.1, 0.15) is 11.8 Å². The molecule has 0 unspecified atom stereocenters. The number of ether oxygens (including phenoxy) is 1. The fourth-order valence-electron chi connectivity index (χ4n) is 4.87. The molecule has 2 fully saturated rings. The molecule has 0 spiro atoms. The normalized spacial score (nSPS) is 21.8. The molecule has 1 saturated heterocycles. The monoisotopic (exact) mass is 418 g/mol. The van der Waals surface area contributed by atoms with E-state index in [0.29, 0.717) is 11.2 Å². The highest BCUT2D eigenvalue weighted by atomic mass is 32.1. The van der Waals surface area contributed by atoms with Crippen LogP contribution in [0.15, 0.2) is 67.0 Å². The number of rotatable bonds is 5. The van der Waals surface area contributed by atoms with Crippen molar-refractivity contribution in [3.8, 4) is 5.75 Å². The summed E-state index contributed by atoms with van der Waals surface area (Å²) in [6, 6.07) is 19.1. The molecule has 1 aromatic carbocycles. The molecule has 1 saturated carbocycles. The Balaban J connectivity index is 1.63. The van der Waals surface area contributed by atoms with Gasteiger partial charge in [0.25, 0.3) is 0 Å². The molecule has 3 aromatic rings. The number of pyridine rings is 1. The maximum absolute atomic E-state index is 5.85. The highest BCUT2D eigenvalue weighted by Gasteiger charge is 2.42. The summed E-state index contributed by atoms with van der Waals surface area (Å²) in [5.74, 6) is 0.821. The molecule has 30 heavy (non-hydrogen) atoms. The number of thiocarbonyl (C=S) groups is 1. The molecule has 0 bridgehead atoms. The first-order valence-corrected chi connectivity index (χ1v) is 11.0. The van der Waals surface area contributed by atoms with Gasteiger partial charge in [0.2, 0.25) is 0 Å². The second-order valence-corrected chi connectivity index (χ2v) is 8.36. The fourth-order valence-corrected chi connectivity index (χ4v) is 5.21. The van der Waals surface area contributed by atoms with Gasteiger partial charge < -0.3 is 19.5 Å². The number of hydrogen-bond acceptors (Lipinski definition) is 3. The second-order valence-electron chi connectivity index (χ2n) is 7.98. The molecule has 2 atom stereocenters. The number of methoxy groups -OCH3 is 1. The Labute approximate surface area is 182 Å². The van der Waals surface area contributed by atoms with E-state index in [2.05, 4.69) is 50.2 Å². The summed E-state index contributed by atoms with van der Waals surface area (Å²) in [5.41, 5.74) is 3.29. The van der Waals surface area contributed by atoms with Crippen molar-refractivity contribution in [3.63, 3.8) is 0 Å². The average molecular weight is 419 g/mol. The maximum atomic E-state index is 5.85. The minimum atomic E-state index is -0.0278. The van der Waals surface area contributed by atoms with Gasteiger partial charge in [0.05, 0.1) is 18.8 Å². The van der Waals surface area contributed by atoms with Crippen LogP contribution in [0.1, 0.15) is 55.2 Å². The van der Waals surface area contributed by atoms with Crippen LogP contribution in [0.2, 0.25) is 0 Å². The van der Waals surface area contributed by atoms with Crippen LogP contribution < -0.4 is 15.0 Å². The van der Waals surface area contributed by atoms with E-state index in [-0.39, 0.29) is 12.1 Å². The third-order valence-electron chi connectivity index (χ3n) is 6.26. The molecule has 3 heterocycles. The standard InChI is InChI=1S/C24H26N4OS/c1-29-19-11-6-10-18(16-19)28-23(21-13-7-15-27(21)17-8-2-3-9-17)22(26-24(28)30)20-12-4-5-14-25-20/h4-7,10-17,22-23H,2-3,8-9H2,1H3,(H,26,30)/t22-,23-/m0/s1. The first kappa shape index (κ1) is 19.1. The Hall–Kier alpha value is -2.86. The van der Waals surface area contributed by atoms with Crippen LogP contribution >= 0.6 is 12.2 Å². The molecule has 5 rings (SSSR count). The Bertz CT molecular complexity index is 1030. The van der Waals surface area contributed by atoms with E-state index in [1.807, 2.05) is 36.5 Å². The molecular formula is C24H26N4OS. The average Bonchev–Trinajstić information content (AvgIpc) is 3.53. The van der Waals surface area contributed by atoms with Crippen LogP contribution in [0.3, 0.4) is 0 Å². The molecule has 1 N–H and O–H groups in total.